The van der Waals surface area contributed by atoms with Crippen molar-refractivity contribution in [2.45, 2.75) is 4.90 Å². The van der Waals surface area contributed by atoms with Gasteiger partial charge in [-0.2, -0.15) is 4.31 Å². The molecule has 1 amide bonds. The SMILES string of the molecule is O=C(O)c1ccc2c(c1)S(=O)(=O)N(c1nncs1)C2=O. The summed E-state index contributed by atoms with van der Waals surface area (Å²) in [6, 6.07) is 3.32. The number of carbonyl (C=O) groups excluding carboxylic acids is 1. The number of carboxylic acids is 1. The molecule has 1 N–H and O–H groups in total. The first kappa shape index (κ1) is 12.7. The van der Waals surface area contributed by atoms with Gasteiger partial charge in [0.15, 0.2) is 0 Å². The Bertz CT molecular complexity index is 829. The third kappa shape index (κ3) is 1.62. The number of sulfonamides is 1. The topological polar surface area (TPSA) is 118 Å². The maximum absolute atomic E-state index is 12.3. The Kier molecular flexibility index (Phi) is 2.59. The highest BCUT2D eigenvalue weighted by atomic mass is 32.2. The van der Waals surface area contributed by atoms with Gasteiger partial charge < -0.3 is 5.11 Å². The molecule has 0 aliphatic carbocycles. The van der Waals surface area contributed by atoms with Crippen molar-refractivity contribution < 1.29 is 23.1 Å². The molecule has 0 saturated heterocycles. The Morgan fingerprint density at radius 2 is 2.10 bits per heavy atom. The molecule has 1 aliphatic rings. The van der Waals surface area contributed by atoms with E-state index in [1.54, 1.807) is 0 Å². The Balaban J connectivity index is 2.24. The van der Waals surface area contributed by atoms with E-state index in [2.05, 4.69) is 10.2 Å². The largest absolute Gasteiger partial charge is 0.478 e. The summed E-state index contributed by atoms with van der Waals surface area (Å²) in [4.78, 5) is 22.7. The zero-order valence-electron chi connectivity index (χ0n) is 9.55. The van der Waals surface area contributed by atoms with Crippen molar-refractivity contribution in [2.75, 3.05) is 4.31 Å². The van der Waals surface area contributed by atoms with E-state index in [0.29, 0.717) is 4.31 Å². The van der Waals surface area contributed by atoms with E-state index < -0.39 is 21.9 Å². The molecular weight excluding hydrogens is 306 g/mol. The molecule has 0 bridgehead atoms. The van der Waals surface area contributed by atoms with Crippen LogP contribution in [0.3, 0.4) is 0 Å². The van der Waals surface area contributed by atoms with Crippen LogP contribution in [-0.2, 0) is 10.0 Å². The summed E-state index contributed by atoms with van der Waals surface area (Å²) < 4.78 is 25.2. The van der Waals surface area contributed by atoms with E-state index in [-0.39, 0.29) is 21.2 Å². The lowest BCUT2D eigenvalue weighted by Gasteiger charge is -2.09. The van der Waals surface area contributed by atoms with E-state index in [1.807, 2.05) is 0 Å². The second-order valence-corrected chi connectivity index (χ2v) is 6.38. The summed E-state index contributed by atoms with van der Waals surface area (Å²) in [5.74, 6) is -2.04. The molecule has 3 rings (SSSR count). The third-order valence-electron chi connectivity index (χ3n) is 2.68. The van der Waals surface area contributed by atoms with Crippen LogP contribution in [0.15, 0.2) is 28.6 Å². The van der Waals surface area contributed by atoms with Gasteiger partial charge in [0.1, 0.15) is 10.4 Å². The van der Waals surface area contributed by atoms with Gasteiger partial charge >= 0.3 is 5.97 Å². The van der Waals surface area contributed by atoms with E-state index >= 15 is 0 Å². The minimum Gasteiger partial charge on any atom is -0.478 e. The van der Waals surface area contributed by atoms with Gasteiger partial charge in [-0.1, -0.05) is 11.3 Å². The van der Waals surface area contributed by atoms with Crippen LogP contribution >= 0.6 is 11.3 Å². The van der Waals surface area contributed by atoms with Crippen molar-refractivity contribution in [3.05, 3.63) is 34.8 Å². The molecule has 0 saturated carbocycles. The van der Waals surface area contributed by atoms with Crippen LogP contribution in [-0.4, -0.2) is 35.6 Å². The molecule has 8 nitrogen and oxygen atoms in total. The zero-order chi connectivity index (χ0) is 14.5. The van der Waals surface area contributed by atoms with Gasteiger partial charge in [0.25, 0.3) is 15.9 Å². The average molecular weight is 311 g/mol. The number of anilines is 1. The number of hydrogen-bond acceptors (Lipinski definition) is 7. The number of benzene rings is 1. The second-order valence-electron chi connectivity index (χ2n) is 3.81. The lowest BCUT2D eigenvalue weighted by molar-refractivity contribution is 0.0696. The maximum atomic E-state index is 12.3. The van der Waals surface area contributed by atoms with Crippen molar-refractivity contribution >= 4 is 38.4 Å². The highest BCUT2D eigenvalue weighted by Gasteiger charge is 2.44. The molecule has 10 heteroatoms. The number of rotatable bonds is 2. The van der Waals surface area contributed by atoms with Crippen molar-refractivity contribution in [3.63, 3.8) is 0 Å². The Morgan fingerprint density at radius 1 is 1.35 bits per heavy atom. The highest BCUT2D eigenvalue weighted by Crippen LogP contribution is 2.35. The minimum atomic E-state index is -4.15. The van der Waals surface area contributed by atoms with Crippen LogP contribution in [0.1, 0.15) is 20.7 Å². The minimum absolute atomic E-state index is 0.0785. The molecular formula is C10H5N3O5S2. The summed E-state index contributed by atoms with van der Waals surface area (Å²) in [6.07, 6.45) is 0. The number of amides is 1. The third-order valence-corrected chi connectivity index (χ3v) is 5.19. The summed E-state index contributed by atoms with van der Waals surface area (Å²) in [5, 5.41) is 15.9. The van der Waals surface area contributed by atoms with Gasteiger partial charge in [-0.05, 0) is 18.2 Å². The van der Waals surface area contributed by atoms with Gasteiger partial charge in [0.2, 0.25) is 5.13 Å². The summed E-state index contributed by atoms with van der Waals surface area (Å²) in [7, 11) is -4.15. The standard InChI is InChI=1S/C10H5N3O5S2/c14-8-6-2-1-5(9(15)16)3-7(6)20(17,18)13(8)10-12-11-4-19-10/h1-4H,(H,15,16). The quantitative estimate of drug-likeness (QED) is 0.862. The molecule has 2 aromatic rings. The van der Waals surface area contributed by atoms with Crippen LogP contribution in [0, 0.1) is 0 Å². The van der Waals surface area contributed by atoms with E-state index in [0.717, 1.165) is 17.4 Å². The monoisotopic (exact) mass is 311 g/mol. The number of nitrogens with zero attached hydrogens (tertiary/aromatic N) is 3. The van der Waals surface area contributed by atoms with Crippen LogP contribution < -0.4 is 4.31 Å². The van der Waals surface area contributed by atoms with Crippen molar-refractivity contribution in [1.82, 2.24) is 10.2 Å². The first-order chi connectivity index (χ1) is 9.43. The van der Waals surface area contributed by atoms with Gasteiger partial charge in [-0.3, -0.25) is 4.79 Å². The number of aromatic carboxylic acids is 1. The molecule has 1 aromatic heterocycles. The fraction of sp³-hybridized carbons (Fsp3) is 0. The lowest BCUT2D eigenvalue weighted by Crippen LogP contribution is -2.29. The molecule has 0 atom stereocenters. The molecule has 102 valence electrons. The van der Waals surface area contributed by atoms with Crippen molar-refractivity contribution in [2.24, 2.45) is 0 Å². The van der Waals surface area contributed by atoms with Gasteiger partial charge in [0, 0.05) is 0 Å². The maximum Gasteiger partial charge on any atom is 0.335 e. The van der Waals surface area contributed by atoms with Crippen molar-refractivity contribution in [3.8, 4) is 0 Å². The number of aromatic nitrogens is 2. The van der Waals surface area contributed by atoms with Gasteiger partial charge in [-0.15, -0.1) is 10.2 Å². The van der Waals surface area contributed by atoms with Crippen LogP contribution in [0.4, 0.5) is 5.13 Å². The molecule has 2 heterocycles. The number of carboxylic acid groups (broad SMARTS) is 1. The normalized spacial score (nSPS) is 16.2. The molecule has 0 fully saturated rings. The molecule has 20 heavy (non-hydrogen) atoms. The summed E-state index contributed by atoms with van der Waals surface area (Å²) >= 11 is 0.895. The van der Waals surface area contributed by atoms with Crippen LogP contribution in [0.25, 0.3) is 0 Å². The molecule has 0 radical (unpaired) electrons. The highest BCUT2D eigenvalue weighted by molar-refractivity contribution is 7.94. The Hall–Kier alpha value is -2.33. The van der Waals surface area contributed by atoms with E-state index in [1.165, 1.54) is 17.6 Å². The molecule has 0 spiro atoms. The summed E-state index contributed by atoms with van der Waals surface area (Å²) in [5.41, 5.74) is 1.01. The number of carbonyl (C=O) groups is 2. The first-order valence-electron chi connectivity index (χ1n) is 5.16. The van der Waals surface area contributed by atoms with Crippen molar-refractivity contribution in [1.29, 1.82) is 0 Å². The van der Waals surface area contributed by atoms with Crippen LogP contribution in [0.2, 0.25) is 0 Å². The Labute approximate surface area is 116 Å². The molecule has 0 unspecified atom stereocenters. The smallest absolute Gasteiger partial charge is 0.335 e. The fourth-order valence-electron chi connectivity index (χ4n) is 1.81. The predicted molar refractivity (Wildman–Crippen MR) is 67.3 cm³/mol. The Morgan fingerprint density at radius 3 is 2.70 bits per heavy atom. The van der Waals surface area contributed by atoms with Crippen LogP contribution in [0.5, 0.6) is 0 Å². The zero-order valence-corrected chi connectivity index (χ0v) is 11.2. The first-order valence-corrected chi connectivity index (χ1v) is 7.48. The van der Waals surface area contributed by atoms with Gasteiger partial charge in [-0.25, -0.2) is 13.2 Å². The number of hydrogen-bond donors (Lipinski definition) is 1. The second kappa shape index (κ2) is 4.08. The predicted octanol–water partition coefficient (Wildman–Crippen LogP) is 0.585. The van der Waals surface area contributed by atoms with Gasteiger partial charge in [0.05, 0.1) is 11.1 Å². The summed E-state index contributed by atoms with van der Waals surface area (Å²) in [6.45, 7) is 0. The van der Waals surface area contributed by atoms with E-state index in [9.17, 15) is 18.0 Å². The molecule has 1 aromatic carbocycles. The number of fused-ring (bicyclic) bond motifs is 1. The average Bonchev–Trinajstić information content (AvgIpc) is 2.96. The fourth-order valence-corrected chi connectivity index (χ4v) is 4.16. The lowest BCUT2D eigenvalue weighted by atomic mass is 10.1. The molecule has 1 aliphatic heterocycles. The van der Waals surface area contributed by atoms with E-state index in [4.69, 9.17) is 5.11 Å².